The molecule has 0 unspecified atom stereocenters. The number of amides is 1. The summed E-state index contributed by atoms with van der Waals surface area (Å²) in [7, 11) is 0. The monoisotopic (exact) mass is 339 g/mol. The zero-order valence-corrected chi connectivity index (χ0v) is 13.8. The Labute approximate surface area is 144 Å². The highest BCUT2D eigenvalue weighted by atomic mass is 32.1. The molecule has 0 aliphatic carbocycles. The summed E-state index contributed by atoms with van der Waals surface area (Å²) in [6, 6.07) is 13.9. The Hall–Kier alpha value is -2.64. The number of aromatic nitrogens is 3. The van der Waals surface area contributed by atoms with Crippen LogP contribution in [0.1, 0.15) is 16.1 Å². The molecule has 0 aliphatic rings. The molecule has 7 heteroatoms. The Kier molecular flexibility index (Phi) is 5.60. The molecule has 24 heavy (non-hydrogen) atoms. The van der Waals surface area contributed by atoms with Crippen LogP contribution in [0.5, 0.6) is 0 Å². The second-order valence-electron chi connectivity index (χ2n) is 5.17. The summed E-state index contributed by atoms with van der Waals surface area (Å²) in [4.78, 5) is 15.9. The third-order valence-corrected chi connectivity index (χ3v) is 4.11. The van der Waals surface area contributed by atoms with Gasteiger partial charge in [-0.1, -0.05) is 41.7 Å². The summed E-state index contributed by atoms with van der Waals surface area (Å²) in [6.45, 7) is 0.835. The number of carbonyl (C=O) groups excluding carboxylic acids is 1. The van der Waals surface area contributed by atoms with Crippen molar-refractivity contribution in [3.8, 4) is 0 Å². The Morgan fingerprint density at radius 3 is 2.58 bits per heavy atom. The second kappa shape index (κ2) is 8.28. The first-order chi connectivity index (χ1) is 11.8. The molecule has 1 aromatic carbocycles. The van der Waals surface area contributed by atoms with Crippen LogP contribution in [0.2, 0.25) is 0 Å². The van der Waals surface area contributed by atoms with Crippen LogP contribution in [-0.4, -0.2) is 27.6 Å². The number of anilines is 1. The minimum Gasteiger partial charge on any atom is -0.304 e. The molecule has 3 rings (SSSR count). The fourth-order valence-electron chi connectivity index (χ4n) is 2.13. The predicted octanol–water partition coefficient (Wildman–Crippen LogP) is 2.25. The molecule has 0 spiro atoms. The molecule has 2 heterocycles. The quantitative estimate of drug-likeness (QED) is 0.690. The Bertz CT molecular complexity index is 776. The van der Waals surface area contributed by atoms with Crippen LogP contribution in [0.4, 0.5) is 5.13 Å². The van der Waals surface area contributed by atoms with Gasteiger partial charge >= 0.3 is 0 Å². The van der Waals surface area contributed by atoms with Crippen molar-refractivity contribution >= 4 is 22.4 Å². The topological polar surface area (TPSA) is 79.8 Å². The molecule has 0 atom stereocenters. The van der Waals surface area contributed by atoms with E-state index in [-0.39, 0.29) is 12.5 Å². The summed E-state index contributed by atoms with van der Waals surface area (Å²) in [5, 5.41) is 15.4. The van der Waals surface area contributed by atoms with Crippen molar-refractivity contribution in [1.82, 2.24) is 20.5 Å². The molecule has 0 radical (unpaired) electrons. The van der Waals surface area contributed by atoms with Crippen LogP contribution in [0.3, 0.4) is 0 Å². The van der Waals surface area contributed by atoms with Crippen LogP contribution >= 0.6 is 11.3 Å². The van der Waals surface area contributed by atoms with Gasteiger partial charge < -0.3 is 5.32 Å². The molecule has 6 nitrogen and oxygen atoms in total. The van der Waals surface area contributed by atoms with Gasteiger partial charge in [-0.05, 0) is 23.3 Å². The highest BCUT2D eigenvalue weighted by Gasteiger charge is 2.08. The number of hydrogen-bond acceptors (Lipinski definition) is 6. The number of hydrogen-bond donors (Lipinski definition) is 2. The number of rotatable bonds is 7. The van der Waals surface area contributed by atoms with Gasteiger partial charge in [-0.3, -0.25) is 15.1 Å². The number of nitrogens with one attached hydrogen (secondary N) is 2. The lowest BCUT2D eigenvalue weighted by Crippen LogP contribution is -2.27. The van der Waals surface area contributed by atoms with Crippen molar-refractivity contribution in [1.29, 1.82) is 0 Å². The SMILES string of the molecule is O=C(CNCc1ccncc1)Nc1nnc(Cc2ccccc2)s1. The minimum absolute atomic E-state index is 0.133. The normalized spacial score (nSPS) is 10.5. The van der Waals surface area contributed by atoms with Crippen molar-refractivity contribution in [3.05, 3.63) is 71.0 Å². The largest absolute Gasteiger partial charge is 0.304 e. The van der Waals surface area contributed by atoms with Crippen LogP contribution < -0.4 is 10.6 Å². The van der Waals surface area contributed by atoms with Gasteiger partial charge in [0.1, 0.15) is 5.01 Å². The predicted molar refractivity (Wildman–Crippen MR) is 93.7 cm³/mol. The average Bonchev–Trinajstić information content (AvgIpc) is 3.03. The number of nitrogens with zero attached hydrogens (tertiary/aromatic N) is 3. The van der Waals surface area contributed by atoms with Gasteiger partial charge in [-0.2, -0.15) is 0 Å². The highest BCUT2D eigenvalue weighted by Crippen LogP contribution is 2.18. The number of benzene rings is 1. The maximum atomic E-state index is 11.9. The molecule has 0 bridgehead atoms. The number of carbonyl (C=O) groups is 1. The van der Waals surface area contributed by atoms with Crippen LogP contribution in [-0.2, 0) is 17.8 Å². The molecule has 3 aromatic rings. The fraction of sp³-hybridized carbons (Fsp3) is 0.176. The van der Waals surface area contributed by atoms with E-state index in [1.165, 1.54) is 16.9 Å². The van der Waals surface area contributed by atoms with E-state index in [4.69, 9.17) is 0 Å². The molecule has 122 valence electrons. The summed E-state index contributed by atoms with van der Waals surface area (Å²) in [5.74, 6) is -0.133. The zero-order chi connectivity index (χ0) is 16.6. The third-order valence-electron chi connectivity index (χ3n) is 3.28. The van der Waals surface area contributed by atoms with Crippen molar-refractivity contribution in [2.45, 2.75) is 13.0 Å². The Morgan fingerprint density at radius 2 is 1.79 bits per heavy atom. The van der Waals surface area contributed by atoms with Gasteiger partial charge in [0.15, 0.2) is 0 Å². The van der Waals surface area contributed by atoms with E-state index in [2.05, 4.69) is 25.8 Å². The van der Waals surface area contributed by atoms with Crippen molar-refractivity contribution in [2.75, 3.05) is 11.9 Å². The lowest BCUT2D eigenvalue weighted by molar-refractivity contribution is -0.115. The van der Waals surface area contributed by atoms with E-state index in [1.807, 2.05) is 42.5 Å². The molecule has 0 aliphatic heterocycles. The number of pyridine rings is 1. The van der Waals surface area contributed by atoms with Crippen LogP contribution in [0.25, 0.3) is 0 Å². The summed E-state index contributed by atoms with van der Waals surface area (Å²) < 4.78 is 0. The molecule has 1 amide bonds. The van der Waals surface area contributed by atoms with E-state index < -0.39 is 0 Å². The lowest BCUT2D eigenvalue weighted by Gasteiger charge is -2.04. The van der Waals surface area contributed by atoms with Gasteiger partial charge in [0.2, 0.25) is 11.0 Å². The highest BCUT2D eigenvalue weighted by molar-refractivity contribution is 7.15. The second-order valence-corrected chi connectivity index (χ2v) is 6.23. The summed E-state index contributed by atoms with van der Waals surface area (Å²) >= 11 is 1.40. The summed E-state index contributed by atoms with van der Waals surface area (Å²) in [6.07, 6.45) is 4.17. The standard InChI is InChI=1S/C17H17N5OS/c23-15(12-19-11-14-6-8-18-9-7-14)20-17-22-21-16(24-17)10-13-4-2-1-3-5-13/h1-9,19H,10-12H2,(H,20,22,23). The van der Waals surface area contributed by atoms with E-state index in [1.54, 1.807) is 12.4 Å². The molecule has 2 N–H and O–H groups in total. The van der Waals surface area contributed by atoms with Gasteiger partial charge in [0.25, 0.3) is 0 Å². The fourth-order valence-corrected chi connectivity index (χ4v) is 2.92. The first-order valence-corrected chi connectivity index (χ1v) is 8.37. The lowest BCUT2D eigenvalue weighted by atomic mass is 10.2. The molecular formula is C17H17N5OS. The van der Waals surface area contributed by atoms with Gasteiger partial charge in [0.05, 0.1) is 6.54 Å². The molecular weight excluding hydrogens is 322 g/mol. The maximum Gasteiger partial charge on any atom is 0.240 e. The van der Waals surface area contributed by atoms with E-state index in [9.17, 15) is 4.79 Å². The molecule has 0 fully saturated rings. The summed E-state index contributed by atoms with van der Waals surface area (Å²) in [5.41, 5.74) is 2.25. The van der Waals surface area contributed by atoms with E-state index >= 15 is 0 Å². The molecule has 0 saturated heterocycles. The first-order valence-electron chi connectivity index (χ1n) is 7.55. The van der Waals surface area contributed by atoms with Crippen LogP contribution in [0.15, 0.2) is 54.9 Å². The Balaban J connectivity index is 1.45. The first kappa shape index (κ1) is 16.2. The van der Waals surface area contributed by atoms with Crippen molar-refractivity contribution in [2.24, 2.45) is 0 Å². The molecule has 0 saturated carbocycles. The van der Waals surface area contributed by atoms with Gasteiger partial charge in [0, 0.05) is 25.4 Å². The minimum atomic E-state index is -0.133. The van der Waals surface area contributed by atoms with Gasteiger partial charge in [-0.15, -0.1) is 10.2 Å². The zero-order valence-electron chi connectivity index (χ0n) is 13.0. The smallest absolute Gasteiger partial charge is 0.240 e. The van der Waals surface area contributed by atoms with E-state index in [0.29, 0.717) is 18.1 Å². The van der Waals surface area contributed by atoms with Gasteiger partial charge in [-0.25, -0.2) is 0 Å². The van der Waals surface area contributed by atoms with E-state index in [0.717, 1.165) is 10.6 Å². The third kappa shape index (κ3) is 4.94. The van der Waals surface area contributed by atoms with Crippen molar-refractivity contribution < 1.29 is 4.79 Å². The average molecular weight is 339 g/mol. The molecule has 2 aromatic heterocycles. The maximum absolute atomic E-state index is 11.9. The Morgan fingerprint density at radius 1 is 1.00 bits per heavy atom. The van der Waals surface area contributed by atoms with Crippen LogP contribution in [0, 0.1) is 0 Å². The van der Waals surface area contributed by atoms with Crippen molar-refractivity contribution in [3.63, 3.8) is 0 Å².